The van der Waals surface area contributed by atoms with Gasteiger partial charge in [-0.1, -0.05) is 43.7 Å². The van der Waals surface area contributed by atoms with Crippen LogP contribution in [0.3, 0.4) is 0 Å². The number of halogens is 2. The van der Waals surface area contributed by atoms with Crippen molar-refractivity contribution in [2.75, 3.05) is 0 Å². The lowest BCUT2D eigenvalue weighted by atomic mass is 9.85. The summed E-state index contributed by atoms with van der Waals surface area (Å²) in [4.78, 5) is 0.988. The van der Waals surface area contributed by atoms with Crippen LogP contribution >= 0.6 is 38.9 Å². The Balaban J connectivity index is 1.93. The Kier molecular flexibility index (Phi) is 4.71. The molecule has 1 nitrogen and oxygen atoms in total. The predicted octanol–water partition coefficient (Wildman–Crippen LogP) is 5.17. The molecule has 4 heteroatoms. The van der Waals surface area contributed by atoms with E-state index >= 15 is 0 Å². The fourth-order valence-corrected chi connectivity index (χ4v) is 4.13. The highest BCUT2D eigenvalue weighted by Crippen LogP contribution is 2.39. The maximum Gasteiger partial charge on any atom is 0.0888 e. The molecular weight excluding hydrogens is 308 g/mol. The molecule has 1 unspecified atom stereocenters. The van der Waals surface area contributed by atoms with E-state index in [1.807, 2.05) is 6.07 Å². The van der Waals surface area contributed by atoms with Crippen molar-refractivity contribution < 1.29 is 5.11 Å². The standard InChI is InChI=1S/C12H16BrClOS/c13-12-9(14)7-11(16-12)10(15)6-8-4-2-1-3-5-8/h7-8,10,15H,1-6H2. The summed E-state index contributed by atoms with van der Waals surface area (Å²) in [5.74, 6) is 0.698. The van der Waals surface area contributed by atoms with Crippen molar-refractivity contribution in [3.63, 3.8) is 0 Å². The zero-order valence-electron chi connectivity index (χ0n) is 9.09. The number of aliphatic hydroxyl groups is 1. The molecule has 1 aromatic rings. The van der Waals surface area contributed by atoms with Crippen LogP contribution in [-0.4, -0.2) is 5.11 Å². The summed E-state index contributed by atoms with van der Waals surface area (Å²) in [5.41, 5.74) is 0. The molecule has 16 heavy (non-hydrogen) atoms. The van der Waals surface area contributed by atoms with Gasteiger partial charge >= 0.3 is 0 Å². The number of rotatable bonds is 3. The van der Waals surface area contributed by atoms with Crippen LogP contribution in [-0.2, 0) is 0 Å². The van der Waals surface area contributed by atoms with E-state index in [9.17, 15) is 5.11 Å². The highest BCUT2D eigenvalue weighted by atomic mass is 79.9. The highest BCUT2D eigenvalue weighted by Gasteiger charge is 2.20. The zero-order valence-corrected chi connectivity index (χ0v) is 12.2. The molecule has 0 spiro atoms. The SMILES string of the molecule is OC(CC1CCCCC1)c1cc(Cl)c(Br)s1. The fourth-order valence-electron chi connectivity index (χ4n) is 2.38. The molecule has 1 N–H and O–H groups in total. The Morgan fingerprint density at radius 3 is 2.69 bits per heavy atom. The van der Waals surface area contributed by atoms with Crippen LogP contribution in [0.1, 0.15) is 49.5 Å². The molecular formula is C12H16BrClOS. The Labute approximate surface area is 114 Å². The molecule has 2 rings (SSSR count). The van der Waals surface area contributed by atoms with Gasteiger partial charge in [-0.25, -0.2) is 0 Å². The minimum Gasteiger partial charge on any atom is -0.388 e. The van der Waals surface area contributed by atoms with Crippen LogP contribution in [0.25, 0.3) is 0 Å². The van der Waals surface area contributed by atoms with Gasteiger partial charge in [0.1, 0.15) is 0 Å². The molecule has 0 radical (unpaired) electrons. The Morgan fingerprint density at radius 2 is 2.12 bits per heavy atom. The van der Waals surface area contributed by atoms with E-state index in [4.69, 9.17) is 11.6 Å². The number of aliphatic hydroxyl groups excluding tert-OH is 1. The smallest absolute Gasteiger partial charge is 0.0888 e. The molecule has 0 aliphatic heterocycles. The summed E-state index contributed by atoms with van der Waals surface area (Å²) < 4.78 is 0.923. The Hall–Kier alpha value is 0.430. The molecule has 1 atom stereocenters. The second-order valence-corrected chi connectivity index (χ2v) is 7.33. The summed E-state index contributed by atoms with van der Waals surface area (Å²) in [6.45, 7) is 0. The number of thiophene rings is 1. The largest absolute Gasteiger partial charge is 0.388 e. The van der Waals surface area contributed by atoms with E-state index < -0.39 is 0 Å². The van der Waals surface area contributed by atoms with Crippen molar-refractivity contribution in [2.45, 2.75) is 44.6 Å². The fraction of sp³-hybridized carbons (Fsp3) is 0.667. The van der Waals surface area contributed by atoms with Crippen LogP contribution in [0.4, 0.5) is 0 Å². The summed E-state index contributed by atoms with van der Waals surface area (Å²) in [6, 6.07) is 1.88. The molecule has 0 aromatic carbocycles. The van der Waals surface area contributed by atoms with Crippen molar-refractivity contribution in [2.24, 2.45) is 5.92 Å². The van der Waals surface area contributed by atoms with E-state index in [1.54, 1.807) is 11.3 Å². The average molecular weight is 324 g/mol. The molecule has 0 saturated heterocycles. The van der Waals surface area contributed by atoms with Gasteiger partial charge in [0.2, 0.25) is 0 Å². The lowest BCUT2D eigenvalue weighted by molar-refractivity contribution is 0.134. The van der Waals surface area contributed by atoms with Crippen LogP contribution in [0, 0.1) is 5.92 Å². The molecule has 1 aliphatic rings. The second kappa shape index (κ2) is 5.85. The molecule has 1 saturated carbocycles. The molecule has 1 heterocycles. The molecule has 1 aliphatic carbocycles. The predicted molar refractivity (Wildman–Crippen MR) is 73.2 cm³/mol. The van der Waals surface area contributed by atoms with Gasteiger partial charge < -0.3 is 5.11 Å². The first-order chi connectivity index (χ1) is 7.66. The van der Waals surface area contributed by atoms with E-state index in [0.29, 0.717) is 10.9 Å². The van der Waals surface area contributed by atoms with Crippen LogP contribution in [0.5, 0.6) is 0 Å². The first kappa shape index (κ1) is 12.9. The monoisotopic (exact) mass is 322 g/mol. The third-order valence-electron chi connectivity index (χ3n) is 3.27. The first-order valence-electron chi connectivity index (χ1n) is 5.79. The zero-order chi connectivity index (χ0) is 11.5. The Bertz CT molecular complexity index is 327. The number of hydrogen-bond acceptors (Lipinski definition) is 2. The molecule has 0 bridgehead atoms. The maximum absolute atomic E-state index is 10.1. The normalized spacial score (nSPS) is 19.9. The molecule has 0 amide bonds. The van der Waals surface area contributed by atoms with Crippen molar-refractivity contribution >= 4 is 38.9 Å². The first-order valence-corrected chi connectivity index (χ1v) is 7.78. The van der Waals surface area contributed by atoms with Crippen molar-refractivity contribution in [3.8, 4) is 0 Å². The van der Waals surface area contributed by atoms with Gasteiger partial charge in [0, 0.05) is 4.88 Å². The lowest BCUT2D eigenvalue weighted by Crippen LogP contribution is -2.10. The summed E-state index contributed by atoms with van der Waals surface area (Å²) in [6.07, 6.45) is 7.12. The van der Waals surface area contributed by atoms with Gasteiger partial charge in [-0.3, -0.25) is 0 Å². The third kappa shape index (κ3) is 3.22. The van der Waals surface area contributed by atoms with Gasteiger partial charge in [0.25, 0.3) is 0 Å². The van der Waals surface area contributed by atoms with E-state index in [0.717, 1.165) is 15.1 Å². The van der Waals surface area contributed by atoms with E-state index in [1.165, 1.54) is 32.1 Å². The molecule has 90 valence electrons. The topological polar surface area (TPSA) is 20.2 Å². The van der Waals surface area contributed by atoms with Crippen molar-refractivity contribution in [1.29, 1.82) is 0 Å². The quantitative estimate of drug-likeness (QED) is 0.813. The maximum atomic E-state index is 10.1. The Morgan fingerprint density at radius 1 is 1.44 bits per heavy atom. The van der Waals surface area contributed by atoms with Gasteiger partial charge in [0.05, 0.1) is 14.9 Å². The van der Waals surface area contributed by atoms with Crippen LogP contribution in [0.15, 0.2) is 9.85 Å². The van der Waals surface area contributed by atoms with Crippen LogP contribution < -0.4 is 0 Å². The van der Waals surface area contributed by atoms with Gasteiger partial charge in [-0.05, 0) is 34.3 Å². The average Bonchev–Trinajstić information content (AvgIpc) is 2.61. The molecule has 1 fully saturated rings. The number of hydrogen-bond donors (Lipinski definition) is 1. The third-order valence-corrected chi connectivity index (χ3v) is 5.85. The van der Waals surface area contributed by atoms with Gasteiger partial charge in [-0.2, -0.15) is 0 Å². The minimum absolute atomic E-state index is 0.336. The molecule has 1 aromatic heterocycles. The van der Waals surface area contributed by atoms with E-state index in [2.05, 4.69) is 15.9 Å². The summed E-state index contributed by atoms with van der Waals surface area (Å²) in [5, 5.41) is 10.9. The van der Waals surface area contributed by atoms with E-state index in [-0.39, 0.29) is 6.10 Å². The van der Waals surface area contributed by atoms with Crippen LogP contribution in [0.2, 0.25) is 5.02 Å². The van der Waals surface area contributed by atoms with Gasteiger partial charge in [0.15, 0.2) is 0 Å². The van der Waals surface area contributed by atoms with Gasteiger partial charge in [-0.15, -0.1) is 11.3 Å². The lowest BCUT2D eigenvalue weighted by Gasteiger charge is -2.23. The minimum atomic E-state index is -0.336. The highest BCUT2D eigenvalue weighted by molar-refractivity contribution is 9.11. The summed E-state index contributed by atoms with van der Waals surface area (Å²) >= 11 is 10.9. The van der Waals surface area contributed by atoms with Crippen molar-refractivity contribution in [1.82, 2.24) is 0 Å². The second-order valence-electron chi connectivity index (χ2n) is 4.53. The van der Waals surface area contributed by atoms with Crippen molar-refractivity contribution in [3.05, 3.63) is 19.8 Å². The summed E-state index contributed by atoms with van der Waals surface area (Å²) in [7, 11) is 0.